The maximum absolute atomic E-state index is 12.1. The number of hydrogen-bond acceptors (Lipinski definition) is 3. The third kappa shape index (κ3) is 2.69. The monoisotopic (exact) mass is 294 g/mol. The average Bonchev–Trinajstić information content (AvgIpc) is 3.15. The quantitative estimate of drug-likeness (QED) is 0.904. The highest BCUT2D eigenvalue weighted by atomic mass is 35.5. The van der Waals surface area contributed by atoms with Crippen molar-refractivity contribution in [3.8, 4) is 0 Å². The Kier molecular flexibility index (Phi) is 3.37. The largest absolute Gasteiger partial charge is 0.397 e. The van der Waals surface area contributed by atoms with E-state index in [-0.39, 0.29) is 5.91 Å². The van der Waals surface area contributed by atoms with Gasteiger partial charge in [0.15, 0.2) is 0 Å². The van der Waals surface area contributed by atoms with Crippen LogP contribution in [0.3, 0.4) is 0 Å². The summed E-state index contributed by atoms with van der Waals surface area (Å²) in [4.78, 5) is 12.7. The molecule has 0 spiro atoms. The number of anilines is 1. The number of thiophene rings is 1. The second-order valence-corrected chi connectivity index (χ2v) is 6.46. The van der Waals surface area contributed by atoms with Crippen LogP contribution in [0.5, 0.6) is 0 Å². The Labute approximate surface area is 120 Å². The number of nitrogens with one attached hydrogen (secondary N) is 1. The van der Waals surface area contributed by atoms with Crippen molar-refractivity contribution in [2.75, 3.05) is 12.3 Å². The molecular formula is C14H15ClN2OS. The van der Waals surface area contributed by atoms with Crippen molar-refractivity contribution in [2.24, 2.45) is 5.92 Å². The molecule has 0 unspecified atom stereocenters. The molecule has 1 aliphatic carbocycles. The fourth-order valence-corrected chi connectivity index (χ4v) is 3.33. The maximum Gasteiger partial charge on any atom is 0.263 e. The van der Waals surface area contributed by atoms with E-state index < -0.39 is 0 Å². The zero-order valence-corrected chi connectivity index (χ0v) is 12.0. The highest BCUT2D eigenvalue weighted by molar-refractivity contribution is 7.21. The third-order valence-electron chi connectivity index (χ3n) is 3.43. The van der Waals surface area contributed by atoms with Crippen LogP contribution >= 0.6 is 22.9 Å². The molecule has 1 aromatic heterocycles. The van der Waals surface area contributed by atoms with Crippen molar-refractivity contribution in [3.05, 3.63) is 28.1 Å². The molecule has 19 heavy (non-hydrogen) atoms. The summed E-state index contributed by atoms with van der Waals surface area (Å²) in [5.74, 6) is 0.745. The molecule has 0 aliphatic heterocycles. The molecule has 0 radical (unpaired) electrons. The Balaban J connectivity index is 1.78. The van der Waals surface area contributed by atoms with Gasteiger partial charge in [0, 0.05) is 21.7 Å². The van der Waals surface area contributed by atoms with Crippen LogP contribution in [0.4, 0.5) is 5.69 Å². The molecule has 100 valence electrons. The normalized spacial score (nSPS) is 14.8. The molecule has 0 saturated heterocycles. The standard InChI is InChI=1S/C14H15ClN2OS/c15-9-3-4-11-10(7-9)12(16)13(19-11)14(18)17-6-5-8-1-2-8/h3-4,7-8H,1-2,5-6,16H2,(H,17,18). The Morgan fingerprint density at radius 2 is 2.26 bits per heavy atom. The predicted molar refractivity (Wildman–Crippen MR) is 80.9 cm³/mol. The summed E-state index contributed by atoms with van der Waals surface area (Å²) in [6.45, 7) is 0.734. The van der Waals surface area contributed by atoms with Crippen molar-refractivity contribution in [3.63, 3.8) is 0 Å². The topological polar surface area (TPSA) is 55.1 Å². The lowest BCUT2D eigenvalue weighted by atomic mass is 10.2. The van der Waals surface area contributed by atoms with Crippen molar-refractivity contribution in [1.82, 2.24) is 5.32 Å². The van der Waals surface area contributed by atoms with Crippen LogP contribution in [0, 0.1) is 5.92 Å². The summed E-state index contributed by atoms with van der Waals surface area (Å²) in [6, 6.07) is 5.53. The number of nitrogen functional groups attached to an aromatic ring is 1. The van der Waals surface area contributed by atoms with Gasteiger partial charge in [0.05, 0.1) is 5.69 Å². The lowest BCUT2D eigenvalue weighted by Gasteiger charge is -2.03. The van der Waals surface area contributed by atoms with E-state index in [1.165, 1.54) is 24.2 Å². The summed E-state index contributed by atoms with van der Waals surface area (Å²) in [7, 11) is 0. The minimum atomic E-state index is -0.0736. The van der Waals surface area contributed by atoms with E-state index in [4.69, 9.17) is 17.3 Å². The third-order valence-corrected chi connectivity index (χ3v) is 4.85. The molecule has 1 fully saturated rings. The molecule has 1 saturated carbocycles. The zero-order chi connectivity index (χ0) is 13.4. The summed E-state index contributed by atoms with van der Waals surface area (Å²) in [5, 5.41) is 4.45. The highest BCUT2D eigenvalue weighted by Crippen LogP contribution is 2.35. The summed E-state index contributed by atoms with van der Waals surface area (Å²) < 4.78 is 0.995. The number of carbonyl (C=O) groups excluding carboxylic acids is 1. The van der Waals surface area contributed by atoms with Crippen LogP contribution < -0.4 is 11.1 Å². The number of nitrogens with two attached hydrogens (primary N) is 1. The zero-order valence-electron chi connectivity index (χ0n) is 10.4. The predicted octanol–water partition coefficient (Wildman–Crippen LogP) is 3.67. The molecule has 0 bridgehead atoms. The average molecular weight is 295 g/mol. The summed E-state index contributed by atoms with van der Waals surface area (Å²) in [6.07, 6.45) is 3.68. The first kappa shape index (κ1) is 12.8. The fraction of sp³-hybridized carbons (Fsp3) is 0.357. The number of fused-ring (bicyclic) bond motifs is 1. The van der Waals surface area contributed by atoms with Gasteiger partial charge in [-0.3, -0.25) is 4.79 Å². The van der Waals surface area contributed by atoms with Gasteiger partial charge in [-0.1, -0.05) is 24.4 Å². The minimum Gasteiger partial charge on any atom is -0.397 e. The van der Waals surface area contributed by atoms with E-state index in [0.29, 0.717) is 15.6 Å². The molecule has 1 heterocycles. The number of carbonyl (C=O) groups is 1. The van der Waals surface area contributed by atoms with Gasteiger partial charge in [-0.2, -0.15) is 0 Å². The number of rotatable bonds is 4. The van der Waals surface area contributed by atoms with Crippen LogP contribution in [0.15, 0.2) is 18.2 Å². The SMILES string of the molecule is Nc1c(C(=O)NCCC2CC2)sc2ccc(Cl)cc12. The lowest BCUT2D eigenvalue weighted by Crippen LogP contribution is -2.24. The van der Waals surface area contributed by atoms with Gasteiger partial charge >= 0.3 is 0 Å². The van der Waals surface area contributed by atoms with Crippen molar-refractivity contribution in [2.45, 2.75) is 19.3 Å². The minimum absolute atomic E-state index is 0.0736. The maximum atomic E-state index is 12.1. The number of benzene rings is 1. The van der Waals surface area contributed by atoms with Crippen molar-refractivity contribution >= 4 is 44.6 Å². The Hall–Kier alpha value is -1.26. The molecule has 2 aromatic rings. The Morgan fingerprint density at radius 1 is 1.47 bits per heavy atom. The fourth-order valence-electron chi connectivity index (χ4n) is 2.13. The van der Waals surface area contributed by atoms with E-state index >= 15 is 0 Å². The summed E-state index contributed by atoms with van der Waals surface area (Å²) >= 11 is 7.37. The molecule has 1 amide bonds. The molecule has 5 heteroatoms. The van der Waals surface area contributed by atoms with Crippen LogP contribution in [-0.4, -0.2) is 12.5 Å². The van der Waals surface area contributed by atoms with Gasteiger partial charge in [0.1, 0.15) is 4.88 Å². The van der Waals surface area contributed by atoms with E-state index in [1.54, 1.807) is 0 Å². The van der Waals surface area contributed by atoms with Gasteiger partial charge < -0.3 is 11.1 Å². The molecule has 3 nitrogen and oxygen atoms in total. The second-order valence-electron chi connectivity index (χ2n) is 4.97. The van der Waals surface area contributed by atoms with Gasteiger partial charge in [0.2, 0.25) is 0 Å². The first-order valence-corrected chi connectivity index (χ1v) is 7.60. The van der Waals surface area contributed by atoms with Crippen LogP contribution in [0.2, 0.25) is 5.02 Å². The second kappa shape index (κ2) is 5.02. The van der Waals surface area contributed by atoms with Gasteiger partial charge in [-0.15, -0.1) is 11.3 Å². The van der Waals surface area contributed by atoms with E-state index in [0.717, 1.165) is 29.0 Å². The molecule has 1 aliphatic rings. The first-order valence-electron chi connectivity index (χ1n) is 6.41. The van der Waals surface area contributed by atoms with Gasteiger partial charge in [0.25, 0.3) is 5.91 Å². The molecule has 1 aromatic carbocycles. The molecular weight excluding hydrogens is 280 g/mol. The Morgan fingerprint density at radius 3 is 3.00 bits per heavy atom. The molecule has 3 rings (SSSR count). The van der Waals surface area contributed by atoms with Crippen molar-refractivity contribution < 1.29 is 4.79 Å². The van der Waals surface area contributed by atoms with Crippen LogP contribution in [-0.2, 0) is 0 Å². The van der Waals surface area contributed by atoms with Crippen LogP contribution in [0.25, 0.3) is 10.1 Å². The number of halogens is 1. The number of amides is 1. The highest BCUT2D eigenvalue weighted by Gasteiger charge is 2.21. The first-order chi connectivity index (χ1) is 9.15. The lowest BCUT2D eigenvalue weighted by molar-refractivity contribution is 0.0957. The van der Waals surface area contributed by atoms with E-state index in [1.807, 2.05) is 18.2 Å². The number of hydrogen-bond donors (Lipinski definition) is 2. The molecule has 0 atom stereocenters. The molecule has 3 N–H and O–H groups in total. The van der Waals surface area contributed by atoms with Gasteiger partial charge in [-0.05, 0) is 30.5 Å². The summed E-state index contributed by atoms with van der Waals surface area (Å²) in [5.41, 5.74) is 6.58. The van der Waals surface area contributed by atoms with E-state index in [9.17, 15) is 4.79 Å². The van der Waals surface area contributed by atoms with Crippen molar-refractivity contribution in [1.29, 1.82) is 0 Å². The van der Waals surface area contributed by atoms with Gasteiger partial charge in [-0.25, -0.2) is 0 Å². The van der Waals surface area contributed by atoms with E-state index in [2.05, 4.69) is 5.32 Å². The smallest absolute Gasteiger partial charge is 0.263 e. The Bertz CT molecular complexity index is 634. The van der Waals surface area contributed by atoms with Crippen LogP contribution in [0.1, 0.15) is 28.9 Å².